The van der Waals surface area contributed by atoms with Crippen molar-refractivity contribution in [2.24, 2.45) is 0 Å². The average Bonchev–Trinajstić information content (AvgIpc) is 3.49. The molecule has 0 unspecified atom stereocenters. The van der Waals surface area contributed by atoms with Crippen molar-refractivity contribution in [2.45, 2.75) is 0 Å². The van der Waals surface area contributed by atoms with Crippen molar-refractivity contribution < 1.29 is 0 Å². The van der Waals surface area contributed by atoms with Crippen LogP contribution in [-0.4, -0.2) is 19.9 Å². The Hall–Kier alpha value is -10.1. The molecule has 2 aromatic heterocycles. The third kappa shape index (κ3) is 7.91. The van der Waals surface area contributed by atoms with Gasteiger partial charge >= 0.3 is 0 Å². The summed E-state index contributed by atoms with van der Waals surface area (Å²) < 4.78 is 0. The molecule has 2 heterocycles. The fourth-order valence-corrected chi connectivity index (χ4v) is 10.9. The molecule has 12 aromatic carbocycles. The zero-order valence-corrected chi connectivity index (χ0v) is 40.7. The van der Waals surface area contributed by atoms with Gasteiger partial charge in [-0.2, -0.15) is 0 Å². The highest BCUT2D eigenvalue weighted by atomic mass is 15.3. The summed E-state index contributed by atoms with van der Waals surface area (Å²) in [4.78, 5) is 23.5. The van der Waals surface area contributed by atoms with E-state index in [9.17, 15) is 0 Å². The highest BCUT2D eigenvalue weighted by Crippen LogP contribution is 2.47. The summed E-state index contributed by atoms with van der Waals surface area (Å²) in [5.74, 6) is 0.895. The molecule has 0 spiro atoms. The number of aromatic nitrogens is 4. The third-order valence-electron chi connectivity index (χ3n) is 14.5. The number of rotatable bonds is 9. The minimum atomic E-state index is 0.448. The summed E-state index contributed by atoms with van der Waals surface area (Å²) in [5.41, 5.74) is 12.6. The van der Waals surface area contributed by atoms with E-state index < -0.39 is 0 Å². The van der Waals surface area contributed by atoms with Gasteiger partial charge in [0.1, 0.15) is 0 Å². The molecular weight excluding hydrogens is 911 g/mol. The number of nitrogens with zero attached hydrogens (tertiary/aromatic N) is 5. The molecular formula is C70H45N5. The van der Waals surface area contributed by atoms with Crippen LogP contribution < -0.4 is 4.90 Å². The molecule has 0 aliphatic rings. The zero-order chi connectivity index (χ0) is 49.7. The van der Waals surface area contributed by atoms with Crippen LogP contribution >= 0.6 is 0 Å². The maximum atomic E-state index is 5.37. The van der Waals surface area contributed by atoms with Gasteiger partial charge in [0.05, 0.1) is 28.5 Å². The molecule has 0 amide bonds. The van der Waals surface area contributed by atoms with Gasteiger partial charge in [-0.25, -0.2) is 24.8 Å². The van der Waals surface area contributed by atoms with Crippen molar-refractivity contribution in [1.82, 2.24) is 19.9 Å². The Morgan fingerprint density at radius 2 is 0.627 bits per heavy atom. The van der Waals surface area contributed by atoms with E-state index in [0.717, 1.165) is 56.3 Å². The van der Waals surface area contributed by atoms with Gasteiger partial charge in [-0.15, -0.1) is 0 Å². The molecule has 0 bridgehead atoms. The second kappa shape index (κ2) is 18.5. The molecule has 0 saturated carbocycles. The molecule has 0 aliphatic carbocycles. The number of benzene rings is 12. The summed E-state index contributed by atoms with van der Waals surface area (Å²) in [6.07, 6.45) is 0. The smallest absolute Gasteiger partial charge is 0.238 e. The molecule has 14 rings (SSSR count). The molecule has 0 saturated heterocycles. The van der Waals surface area contributed by atoms with Crippen molar-refractivity contribution in [1.29, 1.82) is 0 Å². The van der Waals surface area contributed by atoms with Crippen LogP contribution in [-0.2, 0) is 0 Å². The predicted octanol–water partition coefficient (Wildman–Crippen LogP) is 18.5. The van der Waals surface area contributed by atoms with Crippen LogP contribution in [0.3, 0.4) is 0 Å². The van der Waals surface area contributed by atoms with Gasteiger partial charge in [-0.3, -0.25) is 0 Å². The van der Waals surface area contributed by atoms with Crippen LogP contribution in [0.4, 0.5) is 17.6 Å². The van der Waals surface area contributed by atoms with Gasteiger partial charge in [-0.05, 0) is 113 Å². The van der Waals surface area contributed by atoms with Gasteiger partial charge in [0, 0.05) is 22.3 Å². The van der Waals surface area contributed by atoms with Crippen molar-refractivity contribution in [3.05, 3.63) is 273 Å². The maximum Gasteiger partial charge on any atom is 0.238 e. The SMILES string of the molecule is c1ccc(-c2cc(-c3ccccc3)nc(N(c3ccc(-c4c5ccccc5c(-c5cccc6c5ccc5cc7ccccc7cc56)c5ccccc45)cc3)c3nc(-c4ccccc4)cc(-c4ccccc4)n3)n2)cc1. The van der Waals surface area contributed by atoms with E-state index in [1.807, 2.05) is 77.7 Å². The first kappa shape index (κ1) is 43.7. The van der Waals surface area contributed by atoms with Crippen molar-refractivity contribution in [2.75, 3.05) is 4.90 Å². The summed E-state index contributed by atoms with van der Waals surface area (Å²) in [6.45, 7) is 0. The fourth-order valence-electron chi connectivity index (χ4n) is 10.9. The van der Waals surface area contributed by atoms with Gasteiger partial charge in [-0.1, -0.05) is 237 Å². The van der Waals surface area contributed by atoms with E-state index in [1.165, 1.54) is 70.6 Å². The Balaban J connectivity index is 0.974. The predicted molar refractivity (Wildman–Crippen MR) is 312 cm³/mol. The Bertz CT molecular complexity index is 4150. The van der Waals surface area contributed by atoms with Crippen molar-refractivity contribution in [3.8, 4) is 67.3 Å². The molecule has 75 heavy (non-hydrogen) atoms. The largest absolute Gasteiger partial charge is 0.247 e. The molecule has 5 heteroatoms. The van der Waals surface area contributed by atoms with Crippen LogP contribution in [0.5, 0.6) is 0 Å². The first-order valence-corrected chi connectivity index (χ1v) is 25.4. The lowest BCUT2D eigenvalue weighted by Crippen LogP contribution is -2.17. The Morgan fingerprint density at radius 1 is 0.227 bits per heavy atom. The minimum absolute atomic E-state index is 0.448. The second-order valence-electron chi connectivity index (χ2n) is 19.0. The van der Waals surface area contributed by atoms with Crippen molar-refractivity contribution >= 4 is 71.4 Å². The minimum Gasteiger partial charge on any atom is -0.247 e. The molecule has 0 atom stereocenters. The number of hydrogen-bond donors (Lipinski definition) is 0. The summed E-state index contributed by atoms with van der Waals surface area (Å²) in [6, 6.07) is 96.5. The molecule has 0 aliphatic heterocycles. The van der Waals surface area contributed by atoms with Crippen LogP contribution in [0, 0.1) is 0 Å². The first-order chi connectivity index (χ1) is 37.2. The Morgan fingerprint density at radius 3 is 1.09 bits per heavy atom. The lowest BCUT2D eigenvalue weighted by atomic mass is 9.84. The van der Waals surface area contributed by atoms with Crippen LogP contribution in [0.1, 0.15) is 0 Å². The number of anilines is 3. The molecule has 0 N–H and O–H groups in total. The van der Waals surface area contributed by atoms with Crippen LogP contribution in [0.2, 0.25) is 0 Å². The molecule has 14 aromatic rings. The standard InChI is InChI=1S/C70H45N5/c1-5-20-46(21-6-1)63-44-64(47-22-7-2-8-23-47)72-69(71-63)75(70-73-65(48-24-9-3-10-25-48)45-66(74-70)49-26-11-4-12-27-49)54-39-36-50(37-40-54)67-58-30-15-17-32-60(58)68(61-33-18-16-31-59(61)67)57-35-19-34-55-56(57)41-38-53-42-51-28-13-14-29-52(51)43-62(53)55/h1-45H. The van der Waals surface area contributed by atoms with Gasteiger partial charge < -0.3 is 0 Å². The summed E-state index contributed by atoms with van der Waals surface area (Å²) >= 11 is 0. The van der Waals surface area contributed by atoms with Gasteiger partial charge in [0.25, 0.3) is 0 Å². The van der Waals surface area contributed by atoms with E-state index in [-0.39, 0.29) is 0 Å². The topological polar surface area (TPSA) is 54.8 Å². The lowest BCUT2D eigenvalue weighted by Gasteiger charge is -2.24. The quantitative estimate of drug-likeness (QED) is 0.107. The monoisotopic (exact) mass is 955 g/mol. The highest BCUT2D eigenvalue weighted by molar-refractivity contribution is 6.25. The number of hydrogen-bond acceptors (Lipinski definition) is 5. The van der Waals surface area contributed by atoms with Crippen LogP contribution in [0.15, 0.2) is 273 Å². The van der Waals surface area contributed by atoms with Crippen LogP contribution in [0.25, 0.3) is 121 Å². The van der Waals surface area contributed by atoms with Gasteiger partial charge in [0.15, 0.2) is 0 Å². The number of fused-ring (bicyclic) bond motifs is 6. The lowest BCUT2D eigenvalue weighted by molar-refractivity contribution is 1.02. The molecule has 0 fully saturated rings. The average molecular weight is 956 g/mol. The fraction of sp³-hybridized carbons (Fsp3) is 0. The highest BCUT2D eigenvalue weighted by Gasteiger charge is 2.25. The Labute approximate surface area is 434 Å². The first-order valence-electron chi connectivity index (χ1n) is 25.4. The van der Waals surface area contributed by atoms with E-state index >= 15 is 0 Å². The molecule has 350 valence electrons. The molecule has 0 radical (unpaired) electrons. The molecule has 5 nitrogen and oxygen atoms in total. The van der Waals surface area contributed by atoms with Crippen molar-refractivity contribution in [3.63, 3.8) is 0 Å². The summed E-state index contributed by atoms with van der Waals surface area (Å²) in [7, 11) is 0. The van der Waals surface area contributed by atoms with Gasteiger partial charge in [0.2, 0.25) is 11.9 Å². The Kier molecular flexibility index (Phi) is 10.8. The van der Waals surface area contributed by atoms with E-state index in [4.69, 9.17) is 19.9 Å². The van der Waals surface area contributed by atoms with E-state index in [1.54, 1.807) is 0 Å². The normalized spacial score (nSPS) is 11.5. The zero-order valence-electron chi connectivity index (χ0n) is 40.7. The van der Waals surface area contributed by atoms with E-state index in [2.05, 4.69) is 200 Å². The third-order valence-corrected chi connectivity index (χ3v) is 14.5. The maximum absolute atomic E-state index is 5.37. The van der Waals surface area contributed by atoms with E-state index in [0.29, 0.717) is 11.9 Å². The summed E-state index contributed by atoms with van der Waals surface area (Å²) in [5, 5.41) is 12.2. The second-order valence-corrected chi connectivity index (χ2v) is 19.0.